The molecular formula is C12H17FN2O4S. The molecule has 0 aliphatic heterocycles. The van der Waals surface area contributed by atoms with Gasteiger partial charge < -0.3 is 5.11 Å². The molecular weight excluding hydrogens is 287 g/mol. The molecule has 0 aromatic heterocycles. The first-order valence-electron chi connectivity index (χ1n) is 5.93. The van der Waals surface area contributed by atoms with Gasteiger partial charge in [-0.15, -0.1) is 0 Å². The van der Waals surface area contributed by atoms with Crippen LogP contribution in [0.4, 0.5) is 4.39 Å². The van der Waals surface area contributed by atoms with E-state index < -0.39 is 28.0 Å². The number of hydrogen-bond acceptors (Lipinski definition) is 3. The van der Waals surface area contributed by atoms with Gasteiger partial charge in [0.1, 0.15) is 5.82 Å². The maximum atomic E-state index is 13.1. The zero-order valence-electron chi connectivity index (χ0n) is 11.2. The summed E-state index contributed by atoms with van der Waals surface area (Å²) >= 11 is 0. The Morgan fingerprint density at radius 1 is 1.50 bits per heavy atom. The number of carbonyl (C=O) groups is 1. The average Bonchev–Trinajstić information content (AvgIpc) is 2.35. The minimum atomic E-state index is -3.82. The van der Waals surface area contributed by atoms with Crippen LogP contribution < -0.4 is 4.72 Å². The van der Waals surface area contributed by atoms with Crippen molar-refractivity contribution in [1.29, 1.82) is 0 Å². The lowest BCUT2D eigenvalue weighted by Crippen LogP contribution is -2.40. The van der Waals surface area contributed by atoms with Crippen LogP contribution in [-0.2, 0) is 15.0 Å². The third-order valence-electron chi connectivity index (χ3n) is 2.73. The topological polar surface area (TPSA) is 86.7 Å². The van der Waals surface area contributed by atoms with E-state index in [1.54, 1.807) is 13.0 Å². The van der Waals surface area contributed by atoms with E-state index in [-0.39, 0.29) is 13.0 Å². The first-order valence-corrected chi connectivity index (χ1v) is 7.37. The van der Waals surface area contributed by atoms with E-state index in [0.29, 0.717) is 5.56 Å². The van der Waals surface area contributed by atoms with Crippen LogP contribution in [0.25, 0.3) is 0 Å². The smallest absolute Gasteiger partial charge is 0.304 e. The van der Waals surface area contributed by atoms with Gasteiger partial charge in [-0.3, -0.25) is 4.79 Å². The van der Waals surface area contributed by atoms with Gasteiger partial charge in [0.05, 0.1) is 6.42 Å². The number of benzene rings is 1. The monoisotopic (exact) mass is 304 g/mol. The second-order valence-electron chi connectivity index (χ2n) is 4.36. The van der Waals surface area contributed by atoms with Crippen molar-refractivity contribution in [2.45, 2.75) is 19.4 Å². The van der Waals surface area contributed by atoms with E-state index in [1.165, 1.54) is 25.2 Å². The van der Waals surface area contributed by atoms with Gasteiger partial charge in [0.15, 0.2) is 0 Å². The van der Waals surface area contributed by atoms with Gasteiger partial charge in [-0.1, -0.05) is 12.1 Å². The van der Waals surface area contributed by atoms with Gasteiger partial charge in [0.2, 0.25) is 0 Å². The lowest BCUT2D eigenvalue weighted by molar-refractivity contribution is -0.137. The molecule has 0 spiro atoms. The van der Waals surface area contributed by atoms with Crippen molar-refractivity contribution >= 4 is 16.2 Å². The lowest BCUT2D eigenvalue weighted by Gasteiger charge is -2.20. The Bertz CT molecular complexity index is 577. The molecule has 8 heteroatoms. The van der Waals surface area contributed by atoms with Gasteiger partial charge in [0.25, 0.3) is 10.2 Å². The summed E-state index contributed by atoms with van der Waals surface area (Å²) in [5, 5.41) is 8.53. The minimum absolute atomic E-state index is 0.138. The summed E-state index contributed by atoms with van der Waals surface area (Å²) in [4.78, 5) is 10.4. The van der Waals surface area contributed by atoms with Crippen molar-refractivity contribution < 1.29 is 22.7 Å². The first kappa shape index (κ1) is 16.5. The predicted octanol–water partition coefficient (Wildman–Crippen LogP) is 1.13. The highest BCUT2D eigenvalue weighted by molar-refractivity contribution is 7.87. The average molecular weight is 304 g/mol. The van der Waals surface area contributed by atoms with Crippen LogP contribution in [0.15, 0.2) is 24.3 Å². The Labute approximate surface area is 117 Å². The van der Waals surface area contributed by atoms with Crippen LogP contribution in [0.3, 0.4) is 0 Å². The molecule has 1 rings (SSSR count). The van der Waals surface area contributed by atoms with Gasteiger partial charge in [0, 0.05) is 19.6 Å². The standard InChI is InChI=1S/C12H17FN2O4S/c1-9(10-4-3-5-11(13)8-10)14-20(18,19)15(2)7-6-12(16)17/h3-5,8-9,14H,6-7H2,1-2H3,(H,16,17)/t9-/m1/s1. The molecule has 0 saturated carbocycles. The molecule has 2 N–H and O–H groups in total. The molecule has 112 valence electrons. The molecule has 1 aromatic rings. The van der Waals surface area contributed by atoms with E-state index in [9.17, 15) is 17.6 Å². The fourth-order valence-electron chi connectivity index (χ4n) is 1.53. The van der Waals surface area contributed by atoms with Crippen molar-refractivity contribution in [1.82, 2.24) is 9.03 Å². The maximum Gasteiger partial charge on any atom is 0.304 e. The van der Waals surface area contributed by atoms with Crippen LogP contribution in [0.2, 0.25) is 0 Å². The van der Waals surface area contributed by atoms with Crippen LogP contribution in [0.1, 0.15) is 24.9 Å². The van der Waals surface area contributed by atoms with Crippen LogP contribution in [0, 0.1) is 5.82 Å². The Balaban J connectivity index is 2.72. The van der Waals surface area contributed by atoms with Crippen molar-refractivity contribution in [3.05, 3.63) is 35.6 Å². The SMILES string of the molecule is C[C@@H](NS(=O)(=O)N(C)CCC(=O)O)c1cccc(F)c1. The van der Waals surface area contributed by atoms with Crippen LogP contribution in [-0.4, -0.2) is 37.4 Å². The van der Waals surface area contributed by atoms with E-state index in [0.717, 1.165) is 4.31 Å². The lowest BCUT2D eigenvalue weighted by atomic mass is 10.1. The molecule has 1 aromatic carbocycles. The number of halogens is 1. The van der Waals surface area contributed by atoms with Crippen molar-refractivity contribution in [2.24, 2.45) is 0 Å². The van der Waals surface area contributed by atoms with Gasteiger partial charge in [-0.2, -0.15) is 17.4 Å². The van der Waals surface area contributed by atoms with Gasteiger partial charge in [-0.05, 0) is 24.6 Å². The second kappa shape index (κ2) is 6.78. The zero-order valence-corrected chi connectivity index (χ0v) is 12.0. The second-order valence-corrected chi connectivity index (χ2v) is 6.17. The fourth-order valence-corrected chi connectivity index (χ4v) is 2.63. The normalized spacial score (nSPS) is 13.4. The van der Waals surface area contributed by atoms with Gasteiger partial charge in [-0.25, -0.2) is 4.39 Å². The highest BCUT2D eigenvalue weighted by atomic mass is 32.2. The number of carboxylic acid groups (broad SMARTS) is 1. The largest absolute Gasteiger partial charge is 0.481 e. The highest BCUT2D eigenvalue weighted by Gasteiger charge is 2.21. The summed E-state index contributed by atoms with van der Waals surface area (Å²) in [5.41, 5.74) is 0.486. The number of aliphatic carboxylic acids is 1. The van der Waals surface area contributed by atoms with Crippen LogP contribution in [0.5, 0.6) is 0 Å². The Morgan fingerprint density at radius 2 is 2.15 bits per heavy atom. The molecule has 0 amide bonds. The summed E-state index contributed by atoms with van der Waals surface area (Å²) in [6.45, 7) is 1.44. The molecule has 0 bridgehead atoms. The summed E-state index contributed by atoms with van der Waals surface area (Å²) in [6.07, 6.45) is -0.286. The third kappa shape index (κ3) is 4.87. The van der Waals surface area contributed by atoms with Gasteiger partial charge >= 0.3 is 5.97 Å². The zero-order chi connectivity index (χ0) is 15.3. The number of nitrogens with one attached hydrogen (secondary N) is 1. The third-order valence-corrected chi connectivity index (χ3v) is 4.38. The first-order chi connectivity index (χ1) is 9.22. The summed E-state index contributed by atoms with van der Waals surface area (Å²) in [5.74, 6) is -1.53. The molecule has 1 atom stereocenters. The van der Waals surface area contributed by atoms with E-state index in [1.807, 2.05) is 0 Å². The number of nitrogens with zero attached hydrogens (tertiary/aromatic N) is 1. The van der Waals surface area contributed by atoms with Crippen molar-refractivity contribution in [3.8, 4) is 0 Å². The number of rotatable bonds is 7. The summed E-state index contributed by atoms with van der Waals surface area (Å²) in [6, 6.07) is 4.98. The Hall–Kier alpha value is -1.51. The molecule has 20 heavy (non-hydrogen) atoms. The summed E-state index contributed by atoms with van der Waals surface area (Å²) < 4.78 is 40.2. The Morgan fingerprint density at radius 3 is 2.70 bits per heavy atom. The molecule has 0 aliphatic rings. The summed E-state index contributed by atoms with van der Waals surface area (Å²) in [7, 11) is -2.54. The number of hydrogen-bond donors (Lipinski definition) is 2. The van der Waals surface area contributed by atoms with Crippen molar-refractivity contribution in [3.63, 3.8) is 0 Å². The molecule has 0 fully saturated rings. The predicted molar refractivity (Wildman–Crippen MR) is 71.8 cm³/mol. The highest BCUT2D eigenvalue weighted by Crippen LogP contribution is 2.15. The van der Waals surface area contributed by atoms with E-state index in [4.69, 9.17) is 5.11 Å². The van der Waals surface area contributed by atoms with E-state index in [2.05, 4.69) is 4.72 Å². The maximum absolute atomic E-state index is 13.1. The van der Waals surface area contributed by atoms with Crippen LogP contribution >= 0.6 is 0 Å². The van der Waals surface area contributed by atoms with Crippen molar-refractivity contribution in [2.75, 3.05) is 13.6 Å². The quantitative estimate of drug-likeness (QED) is 0.790. The molecule has 0 heterocycles. The Kier molecular flexibility index (Phi) is 5.61. The molecule has 0 aliphatic carbocycles. The van der Waals surface area contributed by atoms with E-state index >= 15 is 0 Å². The minimum Gasteiger partial charge on any atom is -0.481 e. The number of carboxylic acids is 1. The fraction of sp³-hybridized carbons (Fsp3) is 0.417. The molecule has 0 saturated heterocycles. The molecule has 6 nitrogen and oxygen atoms in total. The molecule has 0 unspecified atom stereocenters. The molecule has 0 radical (unpaired) electrons.